The molecule has 2 atom stereocenters. The SMILES string of the molecule is COC(=O)c1ccccc1-c1ccc([C@@H]2[C@@H](c3ccccn3)NC(=S)N2c2ccc(OC)cc2OC)o1. The summed E-state index contributed by atoms with van der Waals surface area (Å²) in [5.41, 5.74) is 2.60. The number of carbonyl (C=O) groups excluding carboxylic acids is 1. The first-order chi connectivity index (χ1) is 18.0. The zero-order chi connectivity index (χ0) is 25.9. The third-order valence-electron chi connectivity index (χ3n) is 6.26. The summed E-state index contributed by atoms with van der Waals surface area (Å²) in [6.45, 7) is 0. The number of methoxy groups -OCH3 is 3. The summed E-state index contributed by atoms with van der Waals surface area (Å²) in [5, 5.41) is 3.91. The van der Waals surface area contributed by atoms with E-state index >= 15 is 0 Å². The number of carbonyl (C=O) groups is 1. The summed E-state index contributed by atoms with van der Waals surface area (Å²) in [6.07, 6.45) is 1.74. The Morgan fingerprint density at radius 3 is 2.54 bits per heavy atom. The van der Waals surface area contributed by atoms with Crippen LogP contribution in [0.3, 0.4) is 0 Å². The minimum Gasteiger partial charge on any atom is -0.497 e. The smallest absolute Gasteiger partial charge is 0.338 e. The number of esters is 1. The first-order valence-corrected chi connectivity index (χ1v) is 12.0. The van der Waals surface area contributed by atoms with Crippen LogP contribution in [0.15, 0.2) is 83.4 Å². The number of rotatable bonds is 7. The highest BCUT2D eigenvalue weighted by molar-refractivity contribution is 7.80. The van der Waals surface area contributed by atoms with Crippen LogP contribution in [0, 0.1) is 0 Å². The molecule has 1 aliphatic heterocycles. The molecule has 4 aromatic rings. The van der Waals surface area contributed by atoms with Crippen LogP contribution in [0.25, 0.3) is 11.3 Å². The number of nitrogens with zero attached hydrogens (tertiary/aromatic N) is 2. The lowest BCUT2D eigenvalue weighted by molar-refractivity contribution is 0.0601. The molecule has 1 fully saturated rings. The maximum Gasteiger partial charge on any atom is 0.338 e. The third kappa shape index (κ3) is 4.49. The van der Waals surface area contributed by atoms with Gasteiger partial charge in [-0.1, -0.05) is 24.3 Å². The van der Waals surface area contributed by atoms with E-state index in [1.54, 1.807) is 32.5 Å². The average molecular weight is 516 g/mol. The van der Waals surface area contributed by atoms with Gasteiger partial charge < -0.3 is 28.8 Å². The molecule has 3 heterocycles. The van der Waals surface area contributed by atoms with E-state index in [1.165, 1.54) is 7.11 Å². The van der Waals surface area contributed by atoms with Crippen molar-refractivity contribution in [1.82, 2.24) is 10.3 Å². The highest BCUT2D eigenvalue weighted by Crippen LogP contribution is 2.46. The summed E-state index contributed by atoms with van der Waals surface area (Å²) in [7, 11) is 4.56. The van der Waals surface area contributed by atoms with Gasteiger partial charge in [0.1, 0.15) is 29.1 Å². The van der Waals surface area contributed by atoms with Gasteiger partial charge in [0.2, 0.25) is 0 Å². The highest BCUT2D eigenvalue weighted by Gasteiger charge is 2.43. The summed E-state index contributed by atoms with van der Waals surface area (Å²) >= 11 is 5.81. The Morgan fingerprint density at radius 1 is 1.00 bits per heavy atom. The fourth-order valence-electron chi connectivity index (χ4n) is 4.53. The molecule has 0 amide bonds. The van der Waals surface area contributed by atoms with E-state index in [0.29, 0.717) is 39.3 Å². The molecular weight excluding hydrogens is 490 g/mol. The number of anilines is 1. The van der Waals surface area contributed by atoms with Crippen molar-refractivity contribution >= 4 is 29.0 Å². The lowest BCUT2D eigenvalue weighted by atomic mass is 10.0. The lowest BCUT2D eigenvalue weighted by Crippen LogP contribution is -2.29. The van der Waals surface area contributed by atoms with E-state index in [4.69, 9.17) is 30.8 Å². The highest BCUT2D eigenvalue weighted by atomic mass is 32.1. The van der Waals surface area contributed by atoms with Crippen molar-refractivity contribution in [3.05, 3.63) is 96.0 Å². The van der Waals surface area contributed by atoms with Crippen molar-refractivity contribution in [3.63, 3.8) is 0 Å². The van der Waals surface area contributed by atoms with E-state index < -0.39 is 12.0 Å². The van der Waals surface area contributed by atoms with E-state index in [2.05, 4.69) is 10.3 Å². The zero-order valence-corrected chi connectivity index (χ0v) is 21.3. The number of benzene rings is 2. The Hall–Kier alpha value is -4.37. The summed E-state index contributed by atoms with van der Waals surface area (Å²) in [4.78, 5) is 18.9. The molecule has 37 heavy (non-hydrogen) atoms. The third-order valence-corrected chi connectivity index (χ3v) is 6.58. The van der Waals surface area contributed by atoms with Gasteiger partial charge in [-0.3, -0.25) is 4.98 Å². The predicted octanol–water partition coefficient (Wildman–Crippen LogP) is 5.32. The average Bonchev–Trinajstić information content (AvgIpc) is 3.57. The summed E-state index contributed by atoms with van der Waals surface area (Å²) in [6, 6.07) is 21.5. The standard InChI is InChI=1S/C28H25N3O5S/c1-33-17-11-12-21(24(16-17)34-2)31-26(25(30-28(31)37)20-10-6-7-15-29-20)23-14-13-22(36-23)18-8-4-5-9-19(18)27(32)35-3/h4-16,25-26H,1-3H3,(H,30,37)/t25-,26-/m1/s1. The summed E-state index contributed by atoms with van der Waals surface area (Å²) in [5.74, 6) is 1.99. The van der Waals surface area contributed by atoms with Gasteiger partial charge in [-0.15, -0.1) is 0 Å². The van der Waals surface area contributed by atoms with E-state index in [1.807, 2.05) is 65.6 Å². The number of aromatic nitrogens is 1. The first-order valence-electron chi connectivity index (χ1n) is 11.6. The second kappa shape index (κ2) is 10.3. The Kier molecular flexibility index (Phi) is 6.78. The van der Waals surface area contributed by atoms with Gasteiger partial charge >= 0.3 is 5.97 Å². The number of ether oxygens (including phenoxy) is 3. The van der Waals surface area contributed by atoms with Gasteiger partial charge in [0.15, 0.2) is 5.11 Å². The molecule has 2 aromatic carbocycles. The molecule has 1 saturated heterocycles. The van der Waals surface area contributed by atoms with Crippen molar-refractivity contribution < 1.29 is 23.4 Å². The van der Waals surface area contributed by atoms with Gasteiger partial charge in [-0.05, 0) is 54.7 Å². The molecular formula is C28H25N3O5S. The molecule has 9 heteroatoms. The molecule has 0 unspecified atom stereocenters. The van der Waals surface area contributed by atoms with Gasteiger partial charge in [-0.2, -0.15) is 0 Å². The number of hydrogen-bond donors (Lipinski definition) is 1. The van der Waals surface area contributed by atoms with E-state index in [9.17, 15) is 4.79 Å². The van der Waals surface area contributed by atoms with Gasteiger partial charge in [0.05, 0.1) is 44.3 Å². The van der Waals surface area contributed by atoms with Crippen LogP contribution < -0.4 is 19.7 Å². The predicted molar refractivity (Wildman–Crippen MR) is 143 cm³/mol. The molecule has 0 aliphatic carbocycles. The normalized spacial score (nSPS) is 16.8. The molecule has 0 spiro atoms. The maximum atomic E-state index is 12.4. The Balaban J connectivity index is 1.63. The van der Waals surface area contributed by atoms with Crippen LogP contribution in [0.2, 0.25) is 0 Å². The molecule has 1 N–H and O–H groups in total. The Bertz CT molecular complexity index is 1440. The van der Waals surface area contributed by atoms with Crippen molar-refractivity contribution in [2.75, 3.05) is 26.2 Å². The summed E-state index contributed by atoms with van der Waals surface area (Å²) < 4.78 is 22.5. The Morgan fingerprint density at radius 2 is 1.81 bits per heavy atom. The van der Waals surface area contributed by atoms with Crippen LogP contribution in [-0.4, -0.2) is 37.4 Å². The molecule has 8 nitrogen and oxygen atoms in total. The van der Waals surface area contributed by atoms with Crippen LogP contribution in [0.5, 0.6) is 11.5 Å². The zero-order valence-electron chi connectivity index (χ0n) is 20.5. The molecule has 0 saturated carbocycles. The molecule has 188 valence electrons. The molecule has 0 bridgehead atoms. The number of thiocarbonyl (C=S) groups is 1. The Labute approximate surface area is 219 Å². The largest absolute Gasteiger partial charge is 0.497 e. The van der Waals surface area contributed by atoms with Crippen molar-refractivity contribution in [3.8, 4) is 22.8 Å². The van der Waals surface area contributed by atoms with E-state index in [0.717, 1.165) is 11.4 Å². The van der Waals surface area contributed by atoms with Gasteiger partial charge in [-0.25, -0.2) is 4.79 Å². The van der Waals surface area contributed by atoms with Crippen molar-refractivity contribution in [2.45, 2.75) is 12.1 Å². The molecule has 1 aliphatic rings. The molecule has 0 radical (unpaired) electrons. The minimum atomic E-state index is -0.437. The monoisotopic (exact) mass is 515 g/mol. The fraction of sp³-hybridized carbons (Fsp3) is 0.179. The first kappa shape index (κ1) is 24.3. The number of hydrogen-bond acceptors (Lipinski definition) is 7. The fourth-order valence-corrected chi connectivity index (χ4v) is 4.87. The van der Waals surface area contributed by atoms with Crippen molar-refractivity contribution in [1.29, 1.82) is 0 Å². The second-order valence-electron chi connectivity index (χ2n) is 8.27. The van der Waals surface area contributed by atoms with Crippen LogP contribution >= 0.6 is 12.2 Å². The topological polar surface area (TPSA) is 86.1 Å². The second-order valence-corrected chi connectivity index (χ2v) is 8.66. The van der Waals surface area contributed by atoms with Crippen LogP contribution in [0.4, 0.5) is 5.69 Å². The quantitative estimate of drug-likeness (QED) is 0.259. The van der Waals surface area contributed by atoms with E-state index in [-0.39, 0.29) is 6.04 Å². The molecule has 2 aromatic heterocycles. The van der Waals surface area contributed by atoms with Gasteiger partial charge in [0, 0.05) is 17.8 Å². The number of furan rings is 1. The minimum absolute atomic E-state index is 0.310. The van der Waals surface area contributed by atoms with Crippen molar-refractivity contribution in [2.24, 2.45) is 0 Å². The van der Waals surface area contributed by atoms with Crippen LogP contribution in [-0.2, 0) is 4.74 Å². The van der Waals surface area contributed by atoms with Gasteiger partial charge in [0.25, 0.3) is 0 Å². The lowest BCUT2D eigenvalue weighted by Gasteiger charge is -2.27. The van der Waals surface area contributed by atoms with Crippen LogP contribution in [0.1, 0.15) is 33.9 Å². The maximum absolute atomic E-state index is 12.4. The molecule has 5 rings (SSSR count). The number of pyridine rings is 1. The number of nitrogens with one attached hydrogen (secondary N) is 1.